The number of nitrogens with zero attached hydrogens (tertiary/aromatic N) is 2. The zero-order valence-corrected chi connectivity index (χ0v) is 31.4. The molecule has 0 bridgehead atoms. The molecule has 6 amide bonds. The Balaban J connectivity index is 5.60. The predicted octanol–water partition coefficient (Wildman–Crippen LogP) is -6.03. The van der Waals surface area contributed by atoms with Gasteiger partial charge >= 0.3 is 11.9 Å². The molecule has 0 aliphatic rings. The summed E-state index contributed by atoms with van der Waals surface area (Å²) in [7, 11) is 0. The molecule has 19 N–H and O–H groups in total. The molecule has 0 aliphatic heterocycles. The van der Waals surface area contributed by atoms with Crippen LogP contribution in [-0.2, 0) is 38.4 Å². The Morgan fingerprint density at radius 3 is 1.38 bits per heavy atom. The van der Waals surface area contributed by atoms with Gasteiger partial charge in [-0.2, -0.15) is 0 Å². The van der Waals surface area contributed by atoms with Crippen LogP contribution in [0.5, 0.6) is 0 Å². The van der Waals surface area contributed by atoms with E-state index in [0.717, 1.165) is 0 Å². The van der Waals surface area contributed by atoms with Crippen molar-refractivity contribution in [2.24, 2.45) is 44.6 Å². The van der Waals surface area contributed by atoms with Crippen LogP contribution in [0.1, 0.15) is 66.2 Å². The largest absolute Gasteiger partial charge is 0.481 e. The average molecular weight is 788 g/mol. The molecule has 0 spiro atoms. The third-order valence-corrected chi connectivity index (χ3v) is 7.53. The number of carbonyl (C=O) groups is 8. The number of rotatable bonds is 26. The SMILES string of the molecule is CC(C)C[C@H](NC(=O)[C@H](C)NC(=O)[C@H](CO)NC(=O)[C@H](CCCN=C(N)N)NC(=O)[C@@H](N)CC(=O)O)C(=O)N[C@@H](C)C(=O)N[C@@H](CCCN=C(N)N)C(=O)O. The molecule has 0 aliphatic carbocycles. The van der Waals surface area contributed by atoms with Crippen LogP contribution in [0.3, 0.4) is 0 Å². The number of carbonyl (C=O) groups excluding carboxylic acids is 6. The number of nitrogens with one attached hydrogen (secondary N) is 6. The fourth-order valence-corrected chi connectivity index (χ4v) is 4.61. The van der Waals surface area contributed by atoms with E-state index in [2.05, 4.69) is 41.9 Å². The van der Waals surface area contributed by atoms with Gasteiger partial charge in [-0.15, -0.1) is 0 Å². The molecule has 312 valence electrons. The zero-order valence-electron chi connectivity index (χ0n) is 31.4. The fourth-order valence-electron chi connectivity index (χ4n) is 4.61. The molecule has 0 aromatic heterocycles. The van der Waals surface area contributed by atoms with Crippen LogP contribution in [0.2, 0.25) is 0 Å². The van der Waals surface area contributed by atoms with E-state index in [1.807, 2.05) is 0 Å². The molecule has 0 heterocycles. The molecule has 0 unspecified atom stereocenters. The highest BCUT2D eigenvalue weighted by Crippen LogP contribution is 2.07. The maximum Gasteiger partial charge on any atom is 0.326 e. The molecule has 0 fully saturated rings. The van der Waals surface area contributed by atoms with Gasteiger partial charge in [0.1, 0.15) is 36.3 Å². The summed E-state index contributed by atoms with van der Waals surface area (Å²) >= 11 is 0. The lowest BCUT2D eigenvalue weighted by Crippen LogP contribution is -2.59. The number of aliphatic hydroxyl groups excluding tert-OH is 1. The number of hydrogen-bond acceptors (Lipinski definition) is 12. The number of aliphatic carboxylic acids is 2. The van der Waals surface area contributed by atoms with Gasteiger partial charge in [-0.3, -0.25) is 43.5 Å². The van der Waals surface area contributed by atoms with E-state index in [9.17, 15) is 48.6 Å². The number of carboxylic acid groups (broad SMARTS) is 2. The first-order chi connectivity index (χ1) is 25.6. The Bertz CT molecular complexity index is 1400. The lowest BCUT2D eigenvalue weighted by Gasteiger charge is -2.26. The van der Waals surface area contributed by atoms with Crippen LogP contribution < -0.4 is 60.6 Å². The first-order valence-electron chi connectivity index (χ1n) is 17.3. The molecule has 0 saturated heterocycles. The maximum absolute atomic E-state index is 13.2. The van der Waals surface area contributed by atoms with Crippen molar-refractivity contribution in [1.29, 1.82) is 0 Å². The van der Waals surface area contributed by atoms with E-state index in [0.29, 0.717) is 0 Å². The summed E-state index contributed by atoms with van der Waals surface area (Å²) in [6, 6.07) is -9.57. The quantitative estimate of drug-likeness (QED) is 0.0220. The van der Waals surface area contributed by atoms with E-state index < -0.39 is 103 Å². The topological polar surface area (TPSA) is 424 Å². The Labute approximate surface area is 317 Å². The van der Waals surface area contributed by atoms with E-state index in [1.54, 1.807) is 13.8 Å². The molecule has 0 saturated carbocycles. The van der Waals surface area contributed by atoms with Gasteiger partial charge in [0.15, 0.2) is 11.9 Å². The highest BCUT2D eigenvalue weighted by molar-refractivity contribution is 5.97. The highest BCUT2D eigenvalue weighted by atomic mass is 16.4. The number of carboxylic acids is 2. The molecular weight excluding hydrogens is 730 g/mol. The summed E-state index contributed by atoms with van der Waals surface area (Å²) in [6.07, 6.45) is -0.345. The van der Waals surface area contributed by atoms with Gasteiger partial charge < -0.3 is 75.9 Å². The van der Waals surface area contributed by atoms with Gasteiger partial charge in [0.05, 0.1) is 19.1 Å². The van der Waals surface area contributed by atoms with Crippen molar-refractivity contribution in [2.45, 2.75) is 109 Å². The number of hydrogen-bond donors (Lipinski definition) is 14. The van der Waals surface area contributed by atoms with Crippen LogP contribution in [0.4, 0.5) is 0 Å². The van der Waals surface area contributed by atoms with E-state index >= 15 is 0 Å². The van der Waals surface area contributed by atoms with Crippen LogP contribution in [0, 0.1) is 5.92 Å². The van der Waals surface area contributed by atoms with Gasteiger partial charge in [0.2, 0.25) is 35.4 Å². The lowest BCUT2D eigenvalue weighted by molar-refractivity contribution is -0.142. The first-order valence-corrected chi connectivity index (χ1v) is 17.3. The molecule has 0 aromatic rings. The lowest BCUT2D eigenvalue weighted by atomic mass is 10.0. The zero-order chi connectivity index (χ0) is 42.4. The van der Waals surface area contributed by atoms with E-state index in [1.165, 1.54) is 13.8 Å². The second kappa shape index (κ2) is 25.3. The second-order valence-corrected chi connectivity index (χ2v) is 13.0. The van der Waals surface area contributed by atoms with Crippen molar-refractivity contribution < 1.29 is 53.7 Å². The predicted molar refractivity (Wildman–Crippen MR) is 197 cm³/mol. The summed E-state index contributed by atoms with van der Waals surface area (Å²) in [5.74, 6) is -8.61. The highest BCUT2D eigenvalue weighted by Gasteiger charge is 2.32. The fraction of sp³-hybridized carbons (Fsp3) is 0.677. The number of guanidine groups is 2. The molecule has 7 atom stereocenters. The smallest absolute Gasteiger partial charge is 0.326 e. The van der Waals surface area contributed by atoms with Gasteiger partial charge in [0, 0.05) is 13.1 Å². The second-order valence-electron chi connectivity index (χ2n) is 13.0. The summed E-state index contributed by atoms with van der Waals surface area (Å²) in [6.45, 7) is 5.34. The molecular formula is C31H57N13O11. The third-order valence-electron chi connectivity index (χ3n) is 7.53. The number of aliphatic hydroxyl groups is 1. The molecule has 55 heavy (non-hydrogen) atoms. The van der Waals surface area contributed by atoms with Gasteiger partial charge in [-0.1, -0.05) is 13.8 Å². The summed E-state index contributed by atoms with van der Waals surface area (Å²) in [4.78, 5) is 108. The molecule has 24 heteroatoms. The van der Waals surface area contributed by atoms with Gasteiger partial charge in [0.25, 0.3) is 0 Å². The molecule has 0 aromatic carbocycles. The van der Waals surface area contributed by atoms with Gasteiger partial charge in [-0.25, -0.2) is 4.79 Å². The standard InChI is InChI=1S/C31H57N13O11/c1-14(2)11-20(27(52)39-15(3)23(48)42-19(29(54)55)8-6-10-38-31(35)36)43-24(49)16(4)40-28(53)21(13-45)44-26(51)18(7-5-9-37-30(33)34)41-25(50)17(32)12-22(46)47/h14-21,45H,5-13,32H2,1-4H3,(H,39,52)(H,40,53)(H,41,50)(H,42,48)(H,43,49)(H,44,51)(H,46,47)(H,54,55)(H4,33,34,37)(H4,35,36,38)/t15-,16-,17-,18-,19-,20-,21-/m0/s1. The normalized spacial score (nSPS) is 14.6. The number of nitrogens with two attached hydrogens (primary N) is 5. The molecule has 24 nitrogen and oxygen atoms in total. The van der Waals surface area contributed by atoms with E-state index in [4.69, 9.17) is 33.8 Å². The molecule has 0 radical (unpaired) electrons. The Morgan fingerprint density at radius 1 is 0.564 bits per heavy atom. The van der Waals surface area contributed by atoms with Crippen LogP contribution in [0.25, 0.3) is 0 Å². The Kier molecular flexibility index (Phi) is 22.6. The van der Waals surface area contributed by atoms with Crippen molar-refractivity contribution in [3.8, 4) is 0 Å². The minimum absolute atomic E-state index is 0.00384. The van der Waals surface area contributed by atoms with Crippen molar-refractivity contribution >= 4 is 59.3 Å². The minimum atomic E-state index is -1.64. The van der Waals surface area contributed by atoms with Crippen LogP contribution >= 0.6 is 0 Å². The average Bonchev–Trinajstić information content (AvgIpc) is 3.07. The van der Waals surface area contributed by atoms with E-state index in [-0.39, 0.29) is 63.0 Å². The maximum atomic E-state index is 13.2. The third kappa shape index (κ3) is 20.9. The first kappa shape index (κ1) is 49.2. The Hall–Kier alpha value is -5.78. The summed E-state index contributed by atoms with van der Waals surface area (Å²) in [5, 5.41) is 42.5. The molecule has 0 rings (SSSR count). The van der Waals surface area contributed by atoms with Crippen molar-refractivity contribution in [2.75, 3.05) is 19.7 Å². The van der Waals surface area contributed by atoms with Crippen molar-refractivity contribution in [3.63, 3.8) is 0 Å². The summed E-state index contributed by atoms with van der Waals surface area (Å²) in [5.41, 5.74) is 26.7. The number of aliphatic imine (C=N–C) groups is 2. The Morgan fingerprint density at radius 2 is 0.964 bits per heavy atom. The van der Waals surface area contributed by atoms with Crippen molar-refractivity contribution in [1.82, 2.24) is 31.9 Å². The minimum Gasteiger partial charge on any atom is -0.481 e. The van der Waals surface area contributed by atoms with Crippen LogP contribution in [0.15, 0.2) is 9.98 Å². The monoisotopic (exact) mass is 787 g/mol. The summed E-state index contributed by atoms with van der Waals surface area (Å²) < 4.78 is 0. The number of amides is 6. The van der Waals surface area contributed by atoms with Crippen molar-refractivity contribution in [3.05, 3.63) is 0 Å². The van der Waals surface area contributed by atoms with Crippen LogP contribution in [-0.4, -0.2) is 137 Å². The van der Waals surface area contributed by atoms with Gasteiger partial charge in [-0.05, 0) is 51.9 Å².